The van der Waals surface area contributed by atoms with Gasteiger partial charge in [0.25, 0.3) is 0 Å². The van der Waals surface area contributed by atoms with Crippen LogP contribution in [0.15, 0.2) is 11.1 Å². The van der Waals surface area contributed by atoms with Crippen molar-refractivity contribution >= 4 is 28.7 Å². The highest BCUT2D eigenvalue weighted by Gasteiger charge is 2.06. The van der Waals surface area contributed by atoms with Gasteiger partial charge in [-0.1, -0.05) is 5.92 Å². The predicted molar refractivity (Wildman–Crippen MR) is 52.1 cm³/mol. The van der Waals surface area contributed by atoms with Crippen molar-refractivity contribution in [2.75, 3.05) is 12.4 Å². The van der Waals surface area contributed by atoms with Gasteiger partial charge in [0.1, 0.15) is 0 Å². The Morgan fingerprint density at radius 2 is 2.60 bits per heavy atom. The van der Waals surface area contributed by atoms with E-state index in [4.69, 9.17) is 6.42 Å². The standard InChI is InChI=1S/C7H9NS.BrH/c1-3-4-8-5-7(2)9-6-8;/h1,5H,4,6H2,2H3;1H. The Balaban J connectivity index is 0.000000810. The number of hydrogen-bond acceptors (Lipinski definition) is 2. The maximum atomic E-state index is 5.12. The highest BCUT2D eigenvalue weighted by atomic mass is 79.9. The van der Waals surface area contributed by atoms with Crippen molar-refractivity contribution in [3.8, 4) is 12.3 Å². The van der Waals surface area contributed by atoms with Crippen LogP contribution in [0.4, 0.5) is 0 Å². The minimum atomic E-state index is 0. The maximum Gasteiger partial charge on any atom is 0.0795 e. The van der Waals surface area contributed by atoms with Crippen LogP contribution in [0, 0.1) is 12.3 Å². The monoisotopic (exact) mass is 219 g/mol. The zero-order valence-electron chi connectivity index (χ0n) is 5.83. The van der Waals surface area contributed by atoms with Gasteiger partial charge < -0.3 is 4.90 Å². The summed E-state index contributed by atoms with van der Waals surface area (Å²) in [5, 5.41) is 0. The molecule has 0 fully saturated rings. The molecule has 0 aromatic rings. The lowest BCUT2D eigenvalue weighted by molar-refractivity contribution is 0.505. The van der Waals surface area contributed by atoms with Gasteiger partial charge in [-0.15, -0.1) is 35.2 Å². The highest BCUT2D eigenvalue weighted by molar-refractivity contribution is 8.93. The smallest absolute Gasteiger partial charge is 0.0795 e. The largest absolute Gasteiger partial charge is 0.356 e. The molecule has 0 saturated carbocycles. The molecule has 0 atom stereocenters. The molecule has 0 aromatic heterocycles. The third-order valence-corrected chi connectivity index (χ3v) is 2.14. The Labute approximate surface area is 76.6 Å². The second-order valence-corrected chi connectivity index (χ2v) is 3.16. The Morgan fingerprint density at radius 1 is 1.90 bits per heavy atom. The zero-order valence-corrected chi connectivity index (χ0v) is 8.36. The van der Waals surface area contributed by atoms with Crippen LogP contribution in [0.5, 0.6) is 0 Å². The summed E-state index contributed by atoms with van der Waals surface area (Å²) in [6.07, 6.45) is 7.23. The average Bonchev–Trinajstić information content (AvgIpc) is 2.17. The first-order valence-corrected chi connectivity index (χ1v) is 3.80. The number of terminal acetylenes is 1. The van der Waals surface area contributed by atoms with Crippen molar-refractivity contribution in [1.29, 1.82) is 0 Å². The van der Waals surface area contributed by atoms with Crippen LogP contribution in [0.2, 0.25) is 0 Å². The summed E-state index contributed by atoms with van der Waals surface area (Å²) < 4.78 is 0. The number of thioether (sulfide) groups is 1. The Morgan fingerprint density at radius 3 is 3.00 bits per heavy atom. The lowest BCUT2D eigenvalue weighted by atomic mass is 10.6. The van der Waals surface area contributed by atoms with Gasteiger partial charge in [-0.2, -0.15) is 0 Å². The Bertz CT molecular complexity index is 171. The third-order valence-electron chi connectivity index (χ3n) is 1.12. The van der Waals surface area contributed by atoms with Gasteiger partial charge >= 0.3 is 0 Å². The molecular weight excluding hydrogens is 210 g/mol. The summed E-state index contributed by atoms with van der Waals surface area (Å²) in [7, 11) is 0. The van der Waals surface area contributed by atoms with E-state index in [0.717, 1.165) is 12.4 Å². The molecule has 0 radical (unpaired) electrons. The van der Waals surface area contributed by atoms with Crippen molar-refractivity contribution in [1.82, 2.24) is 4.90 Å². The molecule has 1 rings (SSSR count). The second-order valence-electron chi connectivity index (χ2n) is 1.96. The Hall–Kier alpha value is -0.0700. The van der Waals surface area contributed by atoms with Crippen LogP contribution in [0.25, 0.3) is 0 Å². The van der Waals surface area contributed by atoms with Crippen LogP contribution in [0.1, 0.15) is 6.92 Å². The molecule has 0 saturated heterocycles. The van der Waals surface area contributed by atoms with Crippen LogP contribution < -0.4 is 0 Å². The van der Waals surface area contributed by atoms with Gasteiger partial charge in [0.05, 0.1) is 12.4 Å². The first-order valence-electron chi connectivity index (χ1n) is 2.81. The third kappa shape index (κ3) is 2.68. The van der Waals surface area contributed by atoms with Gasteiger partial charge in [-0.3, -0.25) is 0 Å². The van der Waals surface area contributed by atoms with Crippen molar-refractivity contribution < 1.29 is 0 Å². The van der Waals surface area contributed by atoms with E-state index < -0.39 is 0 Å². The fourth-order valence-corrected chi connectivity index (χ4v) is 1.48. The molecule has 1 aliphatic rings. The number of rotatable bonds is 1. The van der Waals surface area contributed by atoms with Crippen molar-refractivity contribution in [3.63, 3.8) is 0 Å². The summed E-state index contributed by atoms with van der Waals surface area (Å²) in [5.74, 6) is 3.62. The van der Waals surface area contributed by atoms with Crippen LogP contribution in [-0.2, 0) is 0 Å². The molecular formula is C7H10BrNS. The van der Waals surface area contributed by atoms with E-state index in [-0.39, 0.29) is 17.0 Å². The van der Waals surface area contributed by atoms with Crippen molar-refractivity contribution in [2.24, 2.45) is 0 Å². The fraction of sp³-hybridized carbons (Fsp3) is 0.429. The first kappa shape index (κ1) is 9.93. The normalized spacial score (nSPS) is 15.6. The Kier molecular flexibility index (Phi) is 4.67. The van der Waals surface area contributed by atoms with Gasteiger partial charge in [-0.05, 0) is 11.8 Å². The molecule has 0 N–H and O–H groups in total. The fourth-order valence-electron chi connectivity index (χ4n) is 0.725. The van der Waals surface area contributed by atoms with Crippen LogP contribution >= 0.6 is 28.7 Å². The van der Waals surface area contributed by atoms with E-state index in [9.17, 15) is 0 Å². The molecule has 0 aliphatic carbocycles. The summed E-state index contributed by atoms with van der Waals surface area (Å²) in [4.78, 5) is 3.48. The molecule has 1 nitrogen and oxygen atoms in total. The number of hydrogen-bond donors (Lipinski definition) is 0. The van der Waals surface area contributed by atoms with E-state index in [0.29, 0.717) is 0 Å². The van der Waals surface area contributed by atoms with E-state index in [1.54, 1.807) is 0 Å². The SMILES string of the molecule is Br.C#CCN1C=C(C)SC1. The van der Waals surface area contributed by atoms with Crippen LogP contribution in [-0.4, -0.2) is 17.3 Å². The average molecular weight is 220 g/mol. The van der Waals surface area contributed by atoms with Gasteiger partial charge in [0, 0.05) is 6.20 Å². The molecule has 0 spiro atoms. The first-order chi connectivity index (χ1) is 4.33. The van der Waals surface area contributed by atoms with Crippen molar-refractivity contribution in [2.45, 2.75) is 6.92 Å². The van der Waals surface area contributed by atoms with Gasteiger partial charge in [0.15, 0.2) is 0 Å². The van der Waals surface area contributed by atoms with E-state index >= 15 is 0 Å². The minimum Gasteiger partial charge on any atom is -0.356 e. The van der Waals surface area contributed by atoms with Crippen LogP contribution in [0.3, 0.4) is 0 Å². The molecule has 0 unspecified atom stereocenters. The molecule has 0 bridgehead atoms. The summed E-state index contributed by atoms with van der Waals surface area (Å²) in [5.41, 5.74) is 0. The van der Waals surface area contributed by atoms with Crippen molar-refractivity contribution in [3.05, 3.63) is 11.1 Å². The minimum absolute atomic E-state index is 0. The summed E-state index contributed by atoms with van der Waals surface area (Å²) in [6, 6.07) is 0. The number of nitrogens with zero attached hydrogens (tertiary/aromatic N) is 1. The quantitative estimate of drug-likeness (QED) is 0.622. The number of halogens is 1. The van der Waals surface area contributed by atoms with Gasteiger partial charge in [0.2, 0.25) is 0 Å². The molecule has 0 amide bonds. The molecule has 56 valence electrons. The van der Waals surface area contributed by atoms with Gasteiger partial charge in [-0.25, -0.2) is 0 Å². The predicted octanol–water partition coefficient (Wildman–Crippen LogP) is 2.07. The maximum absolute atomic E-state index is 5.12. The van der Waals surface area contributed by atoms with E-state index in [1.165, 1.54) is 4.91 Å². The van der Waals surface area contributed by atoms with E-state index in [2.05, 4.69) is 23.9 Å². The molecule has 0 aromatic carbocycles. The lowest BCUT2D eigenvalue weighted by Gasteiger charge is -2.07. The molecule has 1 heterocycles. The molecule has 1 aliphatic heterocycles. The van der Waals surface area contributed by atoms with E-state index in [1.807, 2.05) is 11.8 Å². The lowest BCUT2D eigenvalue weighted by Crippen LogP contribution is -2.12. The summed E-state index contributed by atoms with van der Waals surface area (Å²) >= 11 is 1.84. The molecule has 10 heavy (non-hydrogen) atoms. The highest BCUT2D eigenvalue weighted by Crippen LogP contribution is 2.23. The summed E-state index contributed by atoms with van der Waals surface area (Å²) in [6.45, 7) is 2.84. The number of allylic oxidation sites excluding steroid dienone is 1. The topological polar surface area (TPSA) is 3.24 Å². The second kappa shape index (κ2) is 4.70. The molecule has 3 heteroatoms. The zero-order chi connectivity index (χ0) is 6.69.